The van der Waals surface area contributed by atoms with Crippen LogP contribution in [0.3, 0.4) is 0 Å². The van der Waals surface area contributed by atoms with Crippen LogP contribution in [0.5, 0.6) is 0 Å². The number of hydrogen-bond donors (Lipinski definition) is 2. The maximum Gasteiger partial charge on any atom is 0.160 e. The van der Waals surface area contributed by atoms with E-state index in [1.165, 1.54) is 0 Å². The number of hydrogen-bond acceptors (Lipinski definition) is 5. The molecule has 4 atom stereocenters. The molecule has 0 radical (unpaired) electrons. The molecule has 1 fully saturated rings. The van der Waals surface area contributed by atoms with Crippen LogP contribution < -0.4 is 0 Å². The standard InChI is InChI=1S/C14H20O5/c1-17-13-7-12(14(19-13)11(16)8-15)18-9-10-5-3-2-4-6-10/h2-6,11-16H,7-9H2,1H3/t11-,12-,13+,14-/m1/s1. The number of aliphatic hydroxyl groups is 2. The van der Waals surface area contributed by atoms with Crippen molar-refractivity contribution in [3.63, 3.8) is 0 Å². The minimum absolute atomic E-state index is 0.285. The summed E-state index contributed by atoms with van der Waals surface area (Å²) in [6.45, 7) is 0.0895. The molecule has 0 unspecified atom stereocenters. The number of methoxy groups -OCH3 is 1. The molecule has 1 heterocycles. The summed E-state index contributed by atoms with van der Waals surface area (Å²) in [6, 6.07) is 9.79. The second-order valence-electron chi connectivity index (χ2n) is 4.59. The van der Waals surface area contributed by atoms with E-state index in [4.69, 9.17) is 19.3 Å². The molecule has 5 heteroatoms. The lowest BCUT2D eigenvalue weighted by Crippen LogP contribution is -2.38. The maximum atomic E-state index is 9.73. The van der Waals surface area contributed by atoms with Gasteiger partial charge in [0.05, 0.1) is 19.3 Å². The molecule has 106 valence electrons. The topological polar surface area (TPSA) is 68.2 Å². The summed E-state index contributed by atoms with van der Waals surface area (Å²) in [7, 11) is 1.55. The Morgan fingerprint density at radius 1 is 1.37 bits per heavy atom. The predicted octanol–water partition coefficient (Wildman–Crippen LogP) is 0.686. The quantitative estimate of drug-likeness (QED) is 0.794. The Bertz CT molecular complexity index is 369. The van der Waals surface area contributed by atoms with Crippen molar-refractivity contribution in [2.45, 2.75) is 37.6 Å². The number of ether oxygens (including phenoxy) is 3. The van der Waals surface area contributed by atoms with Gasteiger partial charge in [0.15, 0.2) is 6.29 Å². The lowest BCUT2D eigenvalue weighted by Gasteiger charge is -2.22. The summed E-state index contributed by atoms with van der Waals surface area (Å²) < 4.78 is 16.4. The second kappa shape index (κ2) is 6.98. The Balaban J connectivity index is 1.93. The fourth-order valence-corrected chi connectivity index (χ4v) is 2.18. The number of rotatable bonds is 6. The molecule has 0 saturated carbocycles. The third-order valence-corrected chi connectivity index (χ3v) is 3.24. The SMILES string of the molecule is CO[C@@H]1C[C@@H](OCc2ccccc2)[C@@H]([C@H](O)CO)O1. The summed E-state index contributed by atoms with van der Waals surface area (Å²) in [5, 5.41) is 18.8. The molecule has 1 aromatic carbocycles. The minimum atomic E-state index is -0.957. The van der Waals surface area contributed by atoms with E-state index in [9.17, 15) is 5.11 Å². The van der Waals surface area contributed by atoms with Crippen molar-refractivity contribution < 1.29 is 24.4 Å². The average Bonchev–Trinajstić information content (AvgIpc) is 2.88. The Hall–Kier alpha value is -0.980. The minimum Gasteiger partial charge on any atom is -0.394 e. The highest BCUT2D eigenvalue weighted by atomic mass is 16.7. The van der Waals surface area contributed by atoms with Crippen molar-refractivity contribution >= 4 is 0 Å². The van der Waals surface area contributed by atoms with Gasteiger partial charge < -0.3 is 24.4 Å². The van der Waals surface area contributed by atoms with Gasteiger partial charge in [-0.3, -0.25) is 0 Å². The molecule has 1 aliphatic rings. The molecule has 0 aliphatic carbocycles. The zero-order chi connectivity index (χ0) is 13.7. The lowest BCUT2D eigenvalue weighted by atomic mass is 10.1. The van der Waals surface area contributed by atoms with Gasteiger partial charge in [-0.15, -0.1) is 0 Å². The first kappa shape index (κ1) is 14.4. The summed E-state index contributed by atoms with van der Waals surface area (Å²) in [4.78, 5) is 0. The van der Waals surface area contributed by atoms with Gasteiger partial charge in [-0.05, 0) is 5.56 Å². The Morgan fingerprint density at radius 2 is 2.11 bits per heavy atom. The van der Waals surface area contributed by atoms with Crippen LogP contribution in [-0.2, 0) is 20.8 Å². The fraction of sp³-hybridized carbons (Fsp3) is 0.571. The highest BCUT2D eigenvalue weighted by molar-refractivity contribution is 5.13. The van der Waals surface area contributed by atoms with Crippen LogP contribution in [0, 0.1) is 0 Å². The van der Waals surface area contributed by atoms with E-state index in [2.05, 4.69) is 0 Å². The molecule has 1 saturated heterocycles. The van der Waals surface area contributed by atoms with E-state index < -0.39 is 18.5 Å². The van der Waals surface area contributed by atoms with Gasteiger partial charge in [0, 0.05) is 13.5 Å². The van der Waals surface area contributed by atoms with E-state index in [1.54, 1.807) is 7.11 Å². The highest BCUT2D eigenvalue weighted by Gasteiger charge is 2.40. The van der Waals surface area contributed by atoms with Crippen LogP contribution >= 0.6 is 0 Å². The van der Waals surface area contributed by atoms with Crippen LogP contribution in [-0.4, -0.2) is 48.5 Å². The molecular weight excluding hydrogens is 248 g/mol. The summed E-state index contributed by atoms with van der Waals surface area (Å²) >= 11 is 0. The van der Waals surface area contributed by atoms with Gasteiger partial charge in [0.1, 0.15) is 12.2 Å². The van der Waals surface area contributed by atoms with E-state index in [-0.39, 0.29) is 12.7 Å². The van der Waals surface area contributed by atoms with Gasteiger partial charge in [-0.1, -0.05) is 30.3 Å². The van der Waals surface area contributed by atoms with Gasteiger partial charge >= 0.3 is 0 Å². The molecule has 2 N–H and O–H groups in total. The Kier molecular flexibility index (Phi) is 5.30. The van der Waals surface area contributed by atoms with Gasteiger partial charge in [0.25, 0.3) is 0 Å². The molecule has 0 bridgehead atoms. The van der Waals surface area contributed by atoms with Crippen LogP contribution in [0.25, 0.3) is 0 Å². The van der Waals surface area contributed by atoms with E-state index in [0.29, 0.717) is 13.0 Å². The average molecular weight is 268 g/mol. The molecular formula is C14H20O5. The first-order valence-corrected chi connectivity index (χ1v) is 6.37. The van der Waals surface area contributed by atoms with Crippen LogP contribution in [0.15, 0.2) is 30.3 Å². The van der Waals surface area contributed by atoms with Crippen molar-refractivity contribution in [3.05, 3.63) is 35.9 Å². The Labute approximate surface area is 112 Å². The molecule has 19 heavy (non-hydrogen) atoms. The normalized spacial score (nSPS) is 28.5. The van der Waals surface area contributed by atoms with Crippen molar-refractivity contribution in [1.82, 2.24) is 0 Å². The number of aliphatic hydroxyl groups excluding tert-OH is 2. The lowest BCUT2D eigenvalue weighted by molar-refractivity contribution is -0.154. The van der Waals surface area contributed by atoms with Crippen molar-refractivity contribution in [3.8, 4) is 0 Å². The highest BCUT2D eigenvalue weighted by Crippen LogP contribution is 2.26. The second-order valence-corrected chi connectivity index (χ2v) is 4.59. The van der Waals surface area contributed by atoms with Crippen molar-refractivity contribution in [2.24, 2.45) is 0 Å². The molecule has 5 nitrogen and oxygen atoms in total. The molecule has 1 aliphatic heterocycles. The van der Waals surface area contributed by atoms with Gasteiger partial charge in [0.2, 0.25) is 0 Å². The zero-order valence-corrected chi connectivity index (χ0v) is 10.9. The predicted molar refractivity (Wildman–Crippen MR) is 68.4 cm³/mol. The molecule has 1 aromatic rings. The van der Waals surface area contributed by atoms with Crippen LogP contribution in [0.1, 0.15) is 12.0 Å². The first-order valence-electron chi connectivity index (χ1n) is 6.37. The van der Waals surface area contributed by atoms with Crippen molar-refractivity contribution in [2.75, 3.05) is 13.7 Å². The largest absolute Gasteiger partial charge is 0.394 e. The van der Waals surface area contributed by atoms with Gasteiger partial charge in [-0.25, -0.2) is 0 Å². The molecule has 0 amide bonds. The first-order chi connectivity index (χ1) is 9.24. The molecule has 0 aromatic heterocycles. The molecule has 2 rings (SSSR count). The monoisotopic (exact) mass is 268 g/mol. The Morgan fingerprint density at radius 3 is 2.74 bits per heavy atom. The number of benzene rings is 1. The molecule has 0 spiro atoms. The third-order valence-electron chi connectivity index (χ3n) is 3.24. The van der Waals surface area contributed by atoms with E-state index in [0.717, 1.165) is 5.56 Å². The summed E-state index contributed by atoms with van der Waals surface area (Å²) in [5.74, 6) is 0. The van der Waals surface area contributed by atoms with Crippen molar-refractivity contribution in [1.29, 1.82) is 0 Å². The summed E-state index contributed by atoms with van der Waals surface area (Å²) in [6.07, 6.45) is -1.65. The van der Waals surface area contributed by atoms with Gasteiger partial charge in [-0.2, -0.15) is 0 Å². The summed E-state index contributed by atoms with van der Waals surface area (Å²) in [5.41, 5.74) is 1.06. The van der Waals surface area contributed by atoms with Crippen LogP contribution in [0.4, 0.5) is 0 Å². The zero-order valence-electron chi connectivity index (χ0n) is 10.9. The maximum absolute atomic E-state index is 9.73. The van der Waals surface area contributed by atoms with E-state index >= 15 is 0 Å². The van der Waals surface area contributed by atoms with Crippen LogP contribution in [0.2, 0.25) is 0 Å². The fourth-order valence-electron chi connectivity index (χ4n) is 2.18. The van der Waals surface area contributed by atoms with E-state index in [1.807, 2.05) is 30.3 Å². The third kappa shape index (κ3) is 3.75. The smallest absolute Gasteiger partial charge is 0.160 e.